The summed E-state index contributed by atoms with van der Waals surface area (Å²) in [6.07, 6.45) is 0. The van der Waals surface area contributed by atoms with Gasteiger partial charge in [-0.2, -0.15) is 0 Å². The third-order valence-corrected chi connectivity index (χ3v) is 8.33. The molecule has 0 aliphatic rings. The Morgan fingerprint density at radius 2 is 1.22 bits per heavy atom. The molecule has 0 amide bonds. The summed E-state index contributed by atoms with van der Waals surface area (Å²) in [5.41, 5.74) is 6.40. The number of furan rings is 1. The van der Waals surface area contributed by atoms with E-state index in [4.69, 9.17) is 14.4 Å². The van der Waals surface area contributed by atoms with E-state index in [1.54, 1.807) is 0 Å². The molecule has 9 rings (SSSR count). The standard InChI is InChI=1S/C37H23N3O/c1-22-26-13-7-8-15-28(26)33-36(38-22)39-37(40(33)25-11-3-2-4-12-25)31-17-9-16-29-30-21-20-24-19-18-23-10-5-6-14-27(23)32(24)35(30)41-34(29)31/h2-21H,1H3. The van der Waals surface area contributed by atoms with Crippen molar-refractivity contribution in [1.29, 1.82) is 0 Å². The summed E-state index contributed by atoms with van der Waals surface area (Å²) in [7, 11) is 0. The summed E-state index contributed by atoms with van der Waals surface area (Å²) < 4.78 is 9.12. The largest absolute Gasteiger partial charge is 0.455 e. The van der Waals surface area contributed by atoms with Gasteiger partial charge in [-0.15, -0.1) is 0 Å². The Labute approximate surface area is 235 Å². The van der Waals surface area contributed by atoms with Crippen LogP contribution >= 0.6 is 0 Å². The fourth-order valence-electron chi connectivity index (χ4n) is 6.48. The molecule has 9 aromatic rings. The maximum absolute atomic E-state index is 6.88. The summed E-state index contributed by atoms with van der Waals surface area (Å²) in [5.74, 6) is 0.813. The van der Waals surface area contributed by atoms with Crippen LogP contribution in [0.1, 0.15) is 5.69 Å². The number of aryl methyl sites for hydroxylation is 1. The molecule has 4 nitrogen and oxygen atoms in total. The number of benzene rings is 6. The summed E-state index contributed by atoms with van der Waals surface area (Å²) in [6.45, 7) is 2.05. The maximum atomic E-state index is 6.88. The second kappa shape index (κ2) is 8.26. The first-order valence-electron chi connectivity index (χ1n) is 13.9. The van der Waals surface area contributed by atoms with Crippen molar-refractivity contribution in [1.82, 2.24) is 14.5 Å². The Kier molecular flexibility index (Phi) is 4.50. The molecule has 6 aromatic carbocycles. The molecular weight excluding hydrogens is 502 g/mol. The number of pyridine rings is 1. The van der Waals surface area contributed by atoms with Gasteiger partial charge in [0.25, 0.3) is 0 Å². The minimum atomic E-state index is 0.726. The first-order valence-corrected chi connectivity index (χ1v) is 13.9. The van der Waals surface area contributed by atoms with Crippen LogP contribution in [0.5, 0.6) is 0 Å². The van der Waals surface area contributed by atoms with E-state index in [1.807, 2.05) is 6.07 Å². The van der Waals surface area contributed by atoms with Gasteiger partial charge < -0.3 is 4.42 Å². The van der Waals surface area contributed by atoms with Crippen molar-refractivity contribution in [2.45, 2.75) is 6.92 Å². The molecule has 3 aromatic heterocycles. The highest BCUT2D eigenvalue weighted by Gasteiger charge is 2.23. The first-order chi connectivity index (χ1) is 20.3. The molecule has 0 bridgehead atoms. The Hall–Kier alpha value is -5.48. The van der Waals surface area contributed by atoms with Crippen LogP contribution in [0.15, 0.2) is 126 Å². The number of hydrogen-bond acceptors (Lipinski definition) is 3. The van der Waals surface area contributed by atoms with Gasteiger partial charge in [0.15, 0.2) is 11.5 Å². The van der Waals surface area contributed by atoms with Gasteiger partial charge in [0.05, 0.1) is 5.56 Å². The van der Waals surface area contributed by atoms with Crippen LogP contribution < -0.4 is 0 Å². The van der Waals surface area contributed by atoms with Crippen LogP contribution in [0.3, 0.4) is 0 Å². The number of para-hydroxylation sites is 2. The molecule has 0 saturated carbocycles. The first kappa shape index (κ1) is 22.3. The smallest absolute Gasteiger partial charge is 0.179 e. The summed E-state index contributed by atoms with van der Waals surface area (Å²) in [4.78, 5) is 10.2. The summed E-state index contributed by atoms with van der Waals surface area (Å²) in [6, 6.07) is 42.5. The number of nitrogens with zero attached hydrogens (tertiary/aromatic N) is 3. The van der Waals surface area contributed by atoms with E-state index in [0.717, 1.165) is 72.0 Å². The van der Waals surface area contributed by atoms with E-state index >= 15 is 0 Å². The van der Waals surface area contributed by atoms with Gasteiger partial charge in [-0.1, -0.05) is 97.1 Å². The van der Waals surface area contributed by atoms with E-state index in [9.17, 15) is 0 Å². The average Bonchev–Trinajstić information content (AvgIpc) is 3.60. The van der Waals surface area contributed by atoms with Crippen LogP contribution in [0.4, 0.5) is 0 Å². The monoisotopic (exact) mass is 525 g/mol. The van der Waals surface area contributed by atoms with E-state index in [2.05, 4.69) is 127 Å². The van der Waals surface area contributed by atoms with Crippen LogP contribution in [0.25, 0.3) is 82.5 Å². The third-order valence-electron chi connectivity index (χ3n) is 8.33. The van der Waals surface area contributed by atoms with Gasteiger partial charge in [-0.25, -0.2) is 9.97 Å². The second-order valence-corrected chi connectivity index (χ2v) is 10.6. The number of aromatic nitrogens is 3. The predicted octanol–water partition coefficient (Wildman–Crippen LogP) is 9.75. The van der Waals surface area contributed by atoms with Crippen molar-refractivity contribution < 1.29 is 4.42 Å². The Morgan fingerprint density at radius 3 is 2.10 bits per heavy atom. The molecule has 0 saturated heterocycles. The second-order valence-electron chi connectivity index (χ2n) is 10.6. The minimum absolute atomic E-state index is 0.726. The molecule has 0 aliphatic carbocycles. The minimum Gasteiger partial charge on any atom is -0.455 e. The van der Waals surface area contributed by atoms with Gasteiger partial charge in [0.2, 0.25) is 0 Å². The zero-order valence-corrected chi connectivity index (χ0v) is 22.3. The molecule has 0 unspecified atom stereocenters. The zero-order chi connectivity index (χ0) is 27.1. The van der Waals surface area contributed by atoms with Gasteiger partial charge in [0, 0.05) is 38.3 Å². The van der Waals surface area contributed by atoms with Crippen molar-refractivity contribution in [2.75, 3.05) is 0 Å². The zero-order valence-electron chi connectivity index (χ0n) is 22.3. The van der Waals surface area contributed by atoms with Gasteiger partial charge in [-0.05, 0) is 47.3 Å². The molecule has 0 N–H and O–H groups in total. The van der Waals surface area contributed by atoms with Crippen molar-refractivity contribution in [3.05, 3.63) is 127 Å². The van der Waals surface area contributed by atoms with E-state index in [0.29, 0.717) is 0 Å². The number of imidazole rings is 1. The van der Waals surface area contributed by atoms with Crippen molar-refractivity contribution >= 4 is 65.4 Å². The lowest BCUT2D eigenvalue weighted by atomic mass is 9.99. The molecule has 0 radical (unpaired) electrons. The molecule has 0 fully saturated rings. The predicted molar refractivity (Wildman–Crippen MR) is 169 cm³/mol. The van der Waals surface area contributed by atoms with E-state index in [-0.39, 0.29) is 0 Å². The van der Waals surface area contributed by atoms with Crippen LogP contribution in [-0.2, 0) is 0 Å². The van der Waals surface area contributed by atoms with Crippen LogP contribution in [0, 0.1) is 6.92 Å². The lowest BCUT2D eigenvalue weighted by Crippen LogP contribution is -1.98. The topological polar surface area (TPSA) is 43.9 Å². The van der Waals surface area contributed by atoms with E-state index in [1.165, 1.54) is 16.2 Å². The third kappa shape index (κ3) is 3.10. The fourth-order valence-corrected chi connectivity index (χ4v) is 6.48. The average molecular weight is 526 g/mol. The lowest BCUT2D eigenvalue weighted by Gasteiger charge is -2.11. The van der Waals surface area contributed by atoms with Crippen molar-refractivity contribution in [3.63, 3.8) is 0 Å². The van der Waals surface area contributed by atoms with E-state index < -0.39 is 0 Å². The lowest BCUT2D eigenvalue weighted by molar-refractivity contribution is 0.673. The van der Waals surface area contributed by atoms with Crippen molar-refractivity contribution in [3.8, 4) is 17.1 Å². The number of rotatable bonds is 2. The molecular formula is C37H23N3O. The summed E-state index contributed by atoms with van der Waals surface area (Å²) >= 11 is 0. The highest BCUT2D eigenvalue weighted by Crippen LogP contribution is 2.42. The Balaban J connectivity index is 1.44. The summed E-state index contributed by atoms with van der Waals surface area (Å²) in [5, 5.41) is 9.14. The number of hydrogen-bond donors (Lipinski definition) is 0. The quantitative estimate of drug-likeness (QED) is 0.211. The van der Waals surface area contributed by atoms with Gasteiger partial charge >= 0.3 is 0 Å². The van der Waals surface area contributed by atoms with Crippen molar-refractivity contribution in [2.24, 2.45) is 0 Å². The van der Waals surface area contributed by atoms with Gasteiger partial charge in [0.1, 0.15) is 16.7 Å². The molecule has 41 heavy (non-hydrogen) atoms. The molecule has 4 heteroatoms. The Bertz CT molecular complexity index is 2490. The maximum Gasteiger partial charge on any atom is 0.179 e. The number of fused-ring (bicyclic) bond motifs is 10. The molecule has 0 atom stereocenters. The fraction of sp³-hybridized carbons (Fsp3) is 0.0270. The highest BCUT2D eigenvalue weighted by atomic mass is 16.3. The Morgan fingerprint density at radius 1 is 0.537 bits per heavy atom. The van der Waals surface area contributed by atoms with Crippen LogP contribution in [-0.4, -0.2) is 14.5 Å². The van der Waals surface area contributed by atoms with Crippen LogP contribution in [0.2, 0.25) is 0 Å². The molecule has 192 valence electrons. The molecule has 0 spiro atoms. The highest BCUT2D eigenvalue weighted by molar-refractivity contribution is 6.24. The normalized spacial score (nSPS) is 12.0. The molecule has 0 aliphatic heterocycles. The van der Waals surface area contributed by atoms with Gasteiger partial charge in [-0.3, -0.25) is 4.57 Å². The molecule has 3 heterocycles. The SMILES string of the molecule is Cc1nc2nc(-c3cccc4c3oc3c4ccc4ccc5ccccc5c43)n(-c3ccccc3)c2c2ccccc12.